The van der Waals surface area contributed by atoms with E-state index in [1.165, 1.54) is 0 Å². The van der Waals surface area contributed by atoms with Crippen LogP contribution in [0.4, 0.5) is 4.79 Å². The van der Waals surface area contributed by atoms with E-state index in [0.29, 0.717) is 36.9 Å². The van der Waals surface area contributed by atoms with Crippen molar-refractivity contribution in [2.45, 2.75) is 84.7 Å². The smallest absolute Gasteiger partial charge is 0.407 e. The lowest BCUT2D eigenvalue weighted by atomic mass is 9.93. The molecule has 1 N–H and O–H groups in total. The third kappa shape index (κ3) is 8.40. The zero-order valence-electron chi connectivity index (χ0n) is 26.0. The highest BCUT2D eigenvalue weighted by molar-refractivity contribution is 5.69. The van der Waals surface area contributed by atoms with Crippen molar-refractivity contribution in [1.82, 2.24) is 5.32 Å². The highest BCUT2D eigenvalue weighted by Crippen LogP contribution is 2.45. The van der Waals surface area contributed by atoms with E-state index in [0.717, 1.165) is 28.0 Å². The molecule has 1 amide bonds. The number of alkyl carbamates (subject to hydrolysis) is 1. The minimum Gasteiger partial charge on any atom is -0.497 e. The Morgan fingerprint density at radius 3 is 2.10 bits per heavy atom. The molecule has 1 aliphatic rings. The molecule has 228 valence electrons. The number of amides is 1. The lowest BCUT2D eigenvalue weighted by Crippen LogP contribution is -2.48. The van der Waals surface area contributed by atoms with Gasteiger partial charge in [0, 0.05) is 16.7 Å². The van der Waals surface area contributed by atoms with Crippen LogP contribution in [0.3, 0.4) is 0 Å². The summed E-state index contributed by atoms with van der Waals surface area (Å²) in [6.07, 6.45) is -0.664. The molecule has 0 radical (unpaired) electrons. The Labute approximate surface area is 243 Å². The van der Waals surface area contributed by atoms with Gasteiger partial charge in [-0.05, 0) is 65.7 Å². The SMILES string of the molecule is COc1ccc(COCc2c(C[C@H](NC(=O)OC(C)(C)C)[C@H]3COC(C)(C)O3)c(OC)c(C)c(OC)c2OC)cc1. The van der Waals surface area contributed by atoms with E-state index in [9.17, 15) is 4.79 Å². The largest absolute Gasteiger partial charge is 0.497 e. The van der Waals surface area contributed by atoms with Gasteiger partial charge in [-0.3, -0.25) is 0 Å². The first-order valence-electron chi connectivity index (χ1n) is 13.6. The van der Waals surface area contributed by atoms with Crippen LogP contribution in [-0.2, 0) is 38.6 Å². The van der Waals surface area contributed by atoms with Gasteiger partial charge in [-0.2, -0.15) is 0 Å². The van der Waals surface area contributed by atoms with Gasteiger partial charge in [0.05, 0.1) is 54.3 Å². The Hall–Kier alpha value is -3.21. The second-order valence-corrected chi connectivity index (χ2v) is 11.3. The molecular formula is C31H45NO9. The second kappa shape index (κ2) is 13.6. The molecular weight excluding hydrogens is 530 g/mol. The zero-order chi connectivity index (χ0) is 30.4. The van der Waals surface area contributed by atoms with Crippen LogP contribution < -0.4 is 24.3 Å². The van der Waals surface area contributed by atoms with E-state index in [2.05, 4.69) is 5.32 Å². The van der Waals surface area contributed by atoms with E-state index >= 15 is 0 Å². The molecule has 1 aliphatic heterocycles. The normalized spacial score (nSPS) is 17.1. The minimum absolute atomic E-state index is 0.199. The van der Waals surface area contributed by atoms with Crippen LogP contribution in [0.5, 0.6) is 23.0 Å². The maximum atomic E-state index is 12.9. The number of hydrogen-bond acceptors (Lipinski definition) is 9. The summed E-state index contributed by atoms with van der Waals surface area (Å²) in [5.41, 5.74) is 2.63. The van der Waals surface area contributed by atoms with Crippen molar-refractivity contribution in [3.8, 4) is 23.0 Å². The fraction of sp³-hybridized carbons (Fsp3) is 0.581. The Balaban J connectivity index is 2.01. The van der Waals surface area contributed by atoms with E-state index in [4.69, 9.17) is 37.9 Å². The molecule has 0 aliphatic carbocycles. The van der Waals surface area contributed by atoms with Gasteiger partial charge >= 0.3 is 6.09 Å². The summed E-state index contributed by atoms with van der Waals surface area (Å²) in [5, 5.41) is 3.01. The Morgan fingerprint density at radius 2 is 1.59 bits per heavy atom. The standard InChI is InChI=1S/C31H45NO9/c1-19-26(35-8)22(15-24(25-18-39-31(5,6)40-25)32-29(33)41-30(2,3)4)23(28(37-10)27(19)36-9)17-38-16-20-11-13-21(34-7)14-12-20/h11-14,24-25H,15-18H2,1-10H3,(H,32,33)/t24-,25+/m0/s1. The Morgan fingerprint density at radius 1 is 0.951 bits per heavy atom. The highest BCUT2D eigenvalue weighted by Gasteiger charge is 2.40. The summed E-state index contributed by atoms with van der Waals surface area (Å²) in [6.45, 7) is 11.9. The van der Waals surface area contributed by atoms with Crippen molar-refractivity contribution >= 4 is 6.09 Å². The van der Waals surface area contributed by atoms with Gasteiger partial charge in [0.1, 0.15) is 23.2 Å². The van der Waals surface area contributed by atoms with Crippen molar-refractivity contribution in [2.24, 2.45) is 0 Å². The molecule has 1 fully saturated rings. The molecule has 10 nitrogen and oxygen atoms in total. The summed E-state index contributed by atoms with van der Waals surface area (Å²) in [5.74, 6) is 1.68. The Bertz CT molecular complexity index is 1170. The maximum Gasteiger partial charge on any atom is 0.407 e. The summed E-state index contributed by atoms with van der Waals surface area (Å²) in [7, 11) is 6.42. The lowest BCUT2D eigenvalue weighted by molar-refractivity contribution is -0.141. The number of nitrogens with one attached hydrogen (secondary N) is 1. The van der Waals surface area contributed by atoms with Crippen molar-refractivity contribution < 1.29 is 42.7 Å². The van der Waals surface area contributed by atoms with Gasteiger partial charge in [-0.15, -0.1) is 0 Å². The molecule has 2 aromatic carbocycles. The van der Waals surface area contributed by atoms with Crippen LogP contribution in [0.15, 0.2) is 24.3 Å². The summed E-state index contributed by atoms with van der Waals surface area (Å²) in [4.78, 5) is 12.9. The lowest BCUT2D eigenvalue weighted by Gasteiger charge is -2.29. The predicted octanol–water partition coefficient (Wildman–Crippen LogP) is 5.33. The molecule has 0 spiro atoms. The summed E-state index contributed by atoms with van der Waals surface area (Å²) in [6, 6.07) is 7.17. The molecule has 2 aromatic rings. The number of carbonyl (C=O) groups excluding carboxylic acids is 1. The van der Waals surface area contributed by atoms with Crippen molar-refractivity contribution in [1.29, 1.82) is 0 Å². The van der Waals surface area contributed by atoms with Crippen LogP contribution in [0, 0.1) is 6.92 Å². The molecule has 3 rings (SSSR count). The predicted molar refractivity (Wildman–Crippen MR) is 154 cm³/mol. The number of benzene rings is 2. The molecule has 0 unspecified atom stereocenters. The fourth-order valence-electron chi connectivity index (χ4n) is 4.88. The van der Waals surface area contributed by atoms with Gasteiger partial charge in [0.2, 0.25) is 0 Å². The van der Waals surface area contributed by atoms with Gasteiger partial charge in [-0.1, -0.05) is 12.1 Å². The maximum absolute atomic E-state index is 12.9. The molecule has 0 aromatic heterocycles. The van der Waals surface area contributed by atoms with E-state index in [-0.39, 0.29) is 6.61 Å². The summed E-state index contributed by atoms with van der Waals surface area (Å²) >= 11 is 0. The number of hydrogen-bond donors (Lipinski definition) is 1. The van der Waals surface area contributed by atoms with Crippen LogP contribution in [0.2, 0.25) is 0 Å². The van der Waals surface area contributed by atoms with E-state index in [1.54, 1.807) is 28.4 Å². The molecule has 0 saturated carbocycles. The molecule has 10 heteroatoms. The third-order valence-electron chi connectivity index (χ3n) is 6.69. The number of rotatable bonds is 12. The molecule has 0 bridgehead atoms. The second-order valence-electron chi connectivity index (χ2n) is 11.3. The van der Waals surface area contributed by atoms with Gasteiger partial charge in [0.25, 0.3) is 0 Å². The zero-order valence-corrected chi connectivity index (χ0v) is 26.0. The van der Waals surface area contributed by atoms with Gasteiger partial charge in [-0.25, -0.2) is 4.79 Å². The van der Waals surface area contributed by atoms with Crippen LogP contribution in [0.1, 0.15) is 56.9 Å². The van der Waals surface area contributed by atoms with Crippen LogP contribution in [0.25, 0.3) is 0 Å². The highest BCUT2D eigenvalue weighted by atomic mass is 16.7. The molecule has 2 atom stereocenters. The van der Waals surface area contributed by atoms with Crippen molar-refractivity contribution in [3.63, 3.8) is 0 Å². The van der Waals surface area contributed by atoms with Crippen LogP contribution >= 0.6 is 0 Å². The molecule has 1 saturated heterocycles. The van der Waals surface area contributed by atoms with Crippen molar-refractivity contribution in [2.75, 3.05) is 35.0 Å². The Kier molecular flexibility index (Phi) is 10.7. The van der Waals surface area contributed by atoms with E-state index in [1.807, 2.05) is 65.8 Å². The first-order valence-corrected chi connectivity index (χ1v) is 13.6. The first-order chi connectivity index (χ1) is 19.3. The van der Waals surface area contributed by atoms with Crippen LogP contribution in [-0.4, -0.2) is 64.7 Å². The quantitative estimate of drug-likeness (QED) is 0.360. The average Bonchev–Trinajstić information content (AvgIpc) is 3.27. The third-order valence-corrected chi connectivity index (χ3v) is 6.69. The summed E-state index contributed by atoms with van der Waals surface area (Å²) < 4.78 is 46.6. The molecule has 41 heavy (non-hydrogen) atoms. The first kappa shape index (κ1) is 32.3. The van der Waals surface area contributed by atoms with Crippen molar-refractivity contribution in [3.05, 3.63) is 46.5 Å². The topological polar surface area (TPSA) is 103 Å². The fourth-order valence-corrected chi connectivity index (χ4v) is 4.88. The van der Waals surface area contributed by atoms with Gasteiger partial charge in [0.15, 0.2) is 17.3 Å². The monoisotopic (exact) mass is 575 g/mol. The number of ether oxygens (including phenoxy) is 8. The van der Waals surface area contributed by atoms with Gasteiger partial charge < -0.3 is 43.2 Å². The average molecular weight is 576 g/mol. The molecule has 1 heterocycles. The number of methoxy groups -OCH3 is 4. The number of carbonyl (C=O) groups is 1. The minimum atomic E-state index is -0.791. The van der Waals surface area contributed by atoms with E-state index < -0.39 is 29.6 Å².